The summed E-state index contributed by atoms with van der Waals surface area (Å²) in [6, 6.07) is 14.3. The van der Waals surface area contributed by atoms with E-state index >= 15 is 0 Å². The Hall–Kier alpha value is -3.42. The molecular formula is C23H28FN3O4. The van der Waals surface area contributed by atoms with Crippen LogP contribution in [0.2, 0.25) is 0 Å². The van der Waals surface area contributed by atoms with Gasteiger partial charge in [0.2, 0.25) is 11.8 Å². The number of amides is 3. The maximum atomic E-state index is 13.3. The minimum absolute atomic E-state index is 0.133. The molecule has 2 aromatic carbocycles. The third-order valence-corrected chi connectivity index (χ3v) is 4.57. The summed E-state index contributed by atoms with van der Waals surface area (Å²) in [5, 5.41) is 5.27. The Morgan fingerprint density at radius 1 is 0.968 bits per heavy atom. The summed E-state index contributed by atoms with van der Waals surface area (Å²) in [5.41, 5.74) is 6.85. The lowest BCUT2D eigenvalue weighted by Crippen LogP contribution is -2.45. The van der Waals surface area contributed by atoms with E-state index in [1.54, 1.807) is 6.07 Å². The van der Waals surface area contributed by atoms with Crippen molar-refractivity contribution in [1.82, 2.24) is 10.6 Å². The van der Waals surface area contributed by atoms with E-state index in [-0.39, 0.29) is 25.4 Å². The van der Waals surface area contributed by atoms with Gasteiger partial charge in [-0.25, -0.2) is 9.18 Å². The molecule has 0 aliphatic rings. The number of benzene rings is 2. The largest absolute Gasteiger partial charge is 0.445 e. The lowest BCUT2D eigenvalue weighted by atomic mass is 10.0. The highest BCUT2D eigenvalue weighted by atomic mass is 19.1. The van der Waals surface area contributed by atoms with Gasteiger partial charge in [-0.1, -0.05) is 48.9 Å². The fourth-order valence-electron chi connectivity index (χ4n) is 2.94. The number of hydrogen-bond donors (Lipinski definition) is 3. The van der Waals surface area contributed by atoms with E-state index in [0.29, 0.717) is 24.9 Å². The number of nitrogens with one attached hydrogen (secondary N) is 2. The molecule has 31 heavy (non-hydrogen) atoms. The predicted molar refractivity (Wildman–Crippen MR) is 114 cm³/mol. The van der Waals surface area contributed by atoms with E-state index in [2.05, 4.69) is 10.6 Å². The highest BCUT2D eigenvalue weighted by Gasteiger charge is 2.18. The minimum atomic E-state index is -0.893. The van der Waals surface area contributed by atoms with Crippen LogP contribution in [-0.2, 0) is 27.4 Å². The van der Waals surface area contributed by atoms with Gasteiger partial charge >= 0.3 is 6.09 Å². The van der Waals surface area contributed by atoms with Gasteiger partial charge in [0.1, 0.15) is 18.5 Å². The first kappa shape index (κ1) is 23.9. The fraction of sp³-hybridized carbons (Fsp3) is 0.348. The number of carbonyl (C=O) groups is 3. The van der Waals surface area contributed by atoms with E-state index in [1.165, 1.54) is 18.2 Å². The number of primary amides is 1. The highest BCUT2D eigenvalue weighted by molar-refractivity contribution is 5.86. The summed E-state index contributed by atoms with van der Waals surface area (Å²) in [7, 11) is 0. The summed E-state index contributed by atoms with van der Waals surface area (Å²) in [6.45, 7) is 0.655. The van der Waals surface area contributed by atoms with E-state index in [0.717, 1.165) is 12.0 Å². The van der Waals surface area contributed by atoms with Gasteiger partial charge in [-0.05, 0) is 36.1 Å². The van der Waals surface area contributed by atoms with Crippen molar-refractivity contribution in [2.75, 3.05) is 6.54 Å². The van der Waals surface area contributed by atoms with Crippen LogP contribution >= 0.6 is 0 Å². The zero-order valence-electron chi connectivity index (χ0n) is 17.3. The molecule has 0 fully saturated rings. The SMILES string of the molecule is NC(=O)[C@H](Cc1cccc(F)c1)NC(=O)CCCCCNC(=O)OCc1ccccc1. The first-order valence-corrected chi connectivity index (χ1v) is 10.2. The summed E-state index contributed by atoms with van der Waals surface area (Å²) in [6.07, 6.45) is 1.88. The third kappa shape index (κ3) is 9.75. The van der Waals surface area contributed by atoms with Crippen LogP contribution < -0.4 is 16.4 Å². The second-order valence-electron chi connectivity index (χ2n) is 7.16. The number of hydrogen-bond acceptors (Lipinski definition) is 4. The molecule has 166 valence electrons. The van der Waals surface area contributed by atoms with Gasteiger partial charge in [0.05, 0.1) is 0 Å². The molecule has 2 aromatic rings. The Labute approximate surface area is 181 Å². The second kappa shape index (κ2) is 13.0. The lowest BCUT2D eigenvalue weighted by molar-refractivity contribution is -0.127. The number of unbranched alkanes of at least 4 members (excludes halogenated alkanes) is 2. The normalized spacial score (nSPS) is 11.4. The average molecular weight is 429 g/mol. The van der Waals surface area contributed by atoms with Crippen molar-refractivity contribution in [2.24, 2.45) is 5.73 Å². The summed E-state index contributed by atoms with van der Waals surface area (Å²) in [5.74, 6) is -1.38. The van der Waals surface area contributed by atoms with Gasteiger partial charge in [-0.3, -0.25) is 9.59 Å². The van der Waals surface area contributed by atoms with E-state index < -0.39 is 23.9 Å². The highest BCUT2D eigenvalue weighted by Crippen LogP contribution is 2.07. The smallest absolute Gasteiger partial charge is 0.407 e. The Morgan fingerprint density at radius 3 is 2.42 bits per heavy atom. The number of nitrogens with two attached hydrogens (primary N) is 1. The van der Waals surface area contributed by atoms with Crippen LogP contribution in [0.5, 0.6) is 0 Å². The molecule has 8 heteroatoms. The average Bonchev–Trinajstić information content (AvgIpc) is 2.75. The van der Waals surface area contributed by atoms with Crippen LogP contribution in [0.3, 0.4) is 0 Å². The number of carbonyl (C=O) groups excluding carboxylic acids is 3. The van der Waals surface area contributed by atoms with Crippen LogP contribution in [-0.4, -0.2) is 30.5 Å². The molecule has 0 radical (unpaired) electrons. The fourth-order valence-corrected chi connectivity index (χ4v) is 2.94. The molecule has 1 atom stereocenters. The molecule has 0 heterocycles. The monoisotopic (exact) mass is 429 g/mol. The van der Waals surface area contributed by atoms with Crippen molar-refractivity contribution in [2.45, 2.75) is 44.8 Å². The van der Waals surface area contributed by atoms with Crippen LogP contribution in [0.25, 0.3) is 0 Å². The predicted octanol–water partition coefficient (Wildman–Crippen LogP) is 2.83. The van der Waals surface area contributed by atoms with Gasteiger partial charge in [-0.2, -0.15) is 0 Å². The molecule has 0 unspecified atom stereocenters. The Morgan fingerprint density at radius 2 is 1.71 bits per heavy atom. The first-order chi connectivity index (χ1) is 14.9. The molecule has 0 saturated carbocycles. The number of halogens is 1. The topological polar surface area (TPSA) is 111 Å². The molecular weight excluding hydrogens is 401 g/mol. The maximum absolute atomic E-state index is 13.3. The van der Waals surface area contributed by atoms with E-state index in [1.807, 2.05) is 30.3 Å². The van der Waals surface area contributed by atoms with Gasteiger partial charge < -0.3 is 21.1 Å². The van der Waals surface area contributed by atoms with Gasteiger partial charge in [0.15, 0.2) is 0 Å². The minimum Gasteiger partial charge on any atom is -0.445 e. The van der Waals surface area contributed by atoms with Crippen molar-refractivity contribution >= 4 is 17.9 Å². The molecule has 7 nitrogen and oxygen atoms in total. The number of ether oxygens (including phenoxy) is 1. The first-order valence-electron chi connectivity index (χ1n) is 10.2. The van der Waals surface area contributed by atoms with E-state index in [9.17, 15) is 18.8 Å². The van der Waals surface area contributed by atoms with Crippen molar-refractivity contribution in [1.29, 1.82) is 0 Å². The maximum Gasteiger partial charge on any atom is 0.407 e. The van der Waals surface area contributed by atoms with Crippen molar-refractivity contribution < 1.29 is 23.5 Å². The number of alkyl carbamates (subject to hydrolysis) is 1. The van der Waals surface area contributed by atoms with Crippen LogP contribution in [0.1, 0.15) is 36.8 Å². The van der Waals surface area contributed by atoms with Crippen LogP contribution in [0, 0.1) is 5.82 Å². The van der Waals surface area contributed by atoms with E-state index in [4.69, 9.17) is 10.5 Å². The molecule has 0 aromatic heterocycles. The van der Waals surface area contributed by atoms with Crippen LogP contribution in [0.15, 0.2) is 54.6 Å². The third-order valence-electron chi connectivity index (χ3n) is 4.57. The summed E-state index contributed by atoms with van der Waals surface area (Å²) < 4.78 is 18.4. The summed E-state index contributed by atoms with van der Waals surface area (Å²) in [4.78, 5) is 35.4. The standard InChI is InChI=1S/C23H28FN3O4/c24-19-11-7-10-18(14-19)15-20(22(25)29)27-21(28)12-5-2-6-13-26-23(30)31-16-17-8-3-1-4-9-17/h1,3-4,7-11,14,20H,2,5-6,12-13,15-16H2,(H2,25,29)(H,26,30)(H,27,28)/t20-/m0/s1. The molecule has 0 aliphatic heterocycles. The van der Waals surface area contributed by atoms with Crippen molar-refractivity contribution in [3.63, 3.8) is 0 Å². The van der Waals surface area contributed by atoms with Gasteiger partial charge in [-0.15, -0.1) is 0 Å². The molecule has 0 spiro atoms. The molecule has 2 rings (SSSR count). The Kier molecular flexibility index (Phi) is 10.0. The Balaban J connectivity index is 1.58. The van der Waals surface area contributed by atoms with Gasteiger partial charge in [0, 0.05) is 19.4 Å². The van der Waals surface area contributed by atoms with Crippen molar-refractivity contribution in [3.8, 4) is 0 Å². The molecule has 4 N–H and O–H groups in total. The molecule has 0 saturated heterocycles. The molecule has 0 bridgehead atoms. The summed E-state index contributed by atoms with van der Waals surface area (Å²) >= 11 is 0. The second-order valence-corrected chi connectivity index (χ2v) is 7.16. The van der Waals surface area contributed by atoms with Crippen molar-refractivity contribution in [3.05, 3.63) is 71.5 Å². The lowest BCUT2D eigenvalue weighted by Gasteiger charge is -2.15. The number of rotatable bonds is 12. The molecule has 0 aliphatic carbocycles. The molecule has 3 amide bonds. The van der Waals surface area contributed by atoms with Gasteiger partial charge in [0.25, 0.3) is 0 Å². The zero-order valence-corrected chi connectivity index (χ0v) is 17.3. The quantitative estimate of drug-likeness (QED) is 0.451. The zero-order chi connectivity index (χ0) is 22.5. The Bertz CT molecular complexity index is 861. The van der Waals surface area contributed by atoms with Crippen LogP contribution in [0.4, 0.5) is 9.18 Å².